The van der Waals surface area contributed by atoms with Crippen LogP contribution in [0.15, 0.2) is 30.3 Å². The molecule has 1 aliphatic heterocycles. The summed E-state index contributed by atoms with van der Waals surface area (Å²) in [6.07, 6.45) is 5.30. The van der Waals surface area contributed by atoms with Crippen molar-refractivity contribution < 1.29 is 0 Å². The van der Waals surface area contributed by atoms with Crippen molar-refractivity contribution in [3.05, 3.63) is 35.9 Å². The molecule has 0 bridgehead atoms. The number of piperidine rings is 1. The van der Waals surface area contributed by atoms with Crippen molar-refractivity contribution in [3.63, 3.8) is 0 Å². The fraction of sp³-hybridized carbons (Fsp3) is 0.684. The Morgan fingerprint density at radius 3 is 2.14 bits per heavy atom. The number of likely N-dealkylation sites (tertiary alicyclic amines) is 1. The van der Waals surface area contributed by atoms with E-state index in [9.17, 15) is 0 Å². The summed E-state index contributed by atoms with van der Waals surface area (Å²) in [5, 5.41) is 0. The maximum atomic E-state index is 6.13. The number of benzene rings is 1. The van der Waals surface area contributed by atoms with Gasteiger partial charge in [-0.3, -0.25) is 4.90 Å². The molecular weight excluding hydrogens is 256 g/mol. The van der Waals surface area contributed by atoms with Crippen molar-refractivity contribution in [2.24, 2.45) is 11.1 Å². The van der Waals surface area contributed by atoms with Crippen LogP contribution in [0.25, 0.3) is 0 Å². The molecule has 1 aromatic rings. The summed E-state index contributed by atoms with van der Waals surface area (Å²) in [7, 11) is 0. The summed E-state index contributed by atoms with van der Waals surface area (Å²) in [6.45, 7) is 10.2. The highest BCUT2D eigenvalue weighted by atomic mass is 15.2. The fourth-order valence-corrected chi connectivity index (χ4v) is 3.94. The van der Waals surface area contributed by atoms with Crippen LogP contribution in [-0.4, -0.2) is 30.6 Å². The summed E-state index contributed by atoms with van der Waals surface area (Å²) < 4.78 is 0. The zero-order valence-electron chi connectivity index (χ0n) is 14.0. The van der Waals surface area contributed by atoms with E-state index in [0.29, 0.717) is 17.4 Å². The summed E-state index contributed by atoms with van der Waals surface area (Å²) >= 11 is 0. The largest absolute Gasteiger partial charge is 0.329 e. The first-order chi connectivity index (χ1) is 10.2. The molecule has 1 aliphatic rings. The van der Waals surface area contributed by atoms with Gasteiger partial charge in [0.2, 0.25) is 0 Å². The minimum atomic E-state index is 0.471. The maximum absolute atomic E-state index is 6.13. The molecule has 2 unspecified atom stereocenters. The van der Waals surface area contributed by atoms with Gasteiger partial charge in [0.05, 0.1) is 0 Å². The van der Waals surface area contributed by atoms with E-state index in [0.717, 1.165) is 6.54 Å². The van der Waals surface area contributed by atoms with Gasteiger partial charge in [-0.05, 0) is 42.8 Å². The molecular formula is C19H32N2. The predicted octanol–water partition coefficient (Wildman–Crippen LogP) is 4.02. The summed E-state index contributed by atoms with van der Waals surface area (Å²) in [4.78, 5) is 2.64. The van der Waals surface area contributed by atoms with E-state index in [-0.39, 0.29) is 0 Å². The molecule has 0 aliphatic carbocycles. The Hall–Kier alpha value is -0.860. The maximum Gasteiger partial charge on any atom is 0.0284 e. The lowest BCUT2D eigenvalue weighted by Crippen LogP contribution is -2.49. The van der Waals surface area contributed by atoms with Gasteiger partial charge >= 0.3 is 0 Å². The summed E-state index contributed by atoms with van der Waals surface area (Å²) in [5.74, 6) is 0.506. The topological polar surface area (TPSA) is 29.3 Å². The average Bonchev–Trinajstić information content (AvgIpc) is 2.57. The van der Waals surface area contributed by atoms with Crippen molar-refractivity contribution >= 4 is 0 Å². The fourth-order valence-electron chi connectivity index (χ4n) is 3.94. The van der Waals surface area contributed by atoms with Crippen LogP contribution in [0.1, 0.15) is 57.9 Å². The van der Waals surface area contributed by atoms with Crippen LogP contribution in [0.5, 0.6) is 0 Å². The molecule has 1 saturated heterocycles. The Labute approximate surface area is 130 Å². The van der Waals surface area contributed by atoms with E-state index in [1.807, 2.05) is 0 Å². The molecule has 2 nitrogen and oxygen atoms in total. The van der Waals surface area contributed by atoms with Crippen LogP contribution in [0.2, 0.25) is 0 Å². The van der Waals surface area contributed by atoms with Gasteiger partial charge in [-0.1, -0.05) is 63.9 Å². The van der Waals surface area contributed by atoms with E-state index in [1.54, 1.807) is 0 Å². The predicted molar refractivity (Wildman–Crippen MR) is 91.5 cm³/mol. The van der Waals surface area contributed by atoms with Gasteiger partial charge in [0.25, 0.3) is 0 Å². The molecule has 2 heteroatoms. The summed E-state index contributed by atoms with van der Waals surface area (Å²) in [6, 6.07) is 11.3. The zero-order chi connectivity index (χ0) is 15.3. The smallest absolute Gasteiger partial charge is 0.0284 e. The minimum Gasteiger partial charge on any atom is -0.329 e. The van der Waals surface area contributed by atoms with Crippen LogP contribution in [0, 0.1) is 5.41 Å². The Bertz CT molecular complexity index is 401. The second kappa shape index (κ2) is 7.42. The highest BCUT2D eigenvalue weighted by molar-refractivity contribution is 5.20. The van der Waals surface area contributed by atoms with Gasteiger partial charge in [-0.2, -0.15) is 0 Å². The quantitative estimate of drug-likeness (QED) is 0.856. The van der Waals surface area contributed by atoms with Crippen molar-refractivity contribution in [2.45, 2.75) is 58.4 Å². The van der Waals surface area contributed by atoms with Gasteiger partial charge in [-0.15, -0.1) is 0 Å². The van der Waals surface area contributed by atoms with E-state index in [2.05, 4.69) is 56.0 Å². The van der Waals surface area contributed by atoms with Crippen molar-refractivity contribution in [2.75, 3.05) is 19.6 Å². The van der Waals surface area contributed by atoms with E-state index >= 15 is 0 Å². The van der Waals surface area contributed by atoms with Crippen molar-refractivity contribution in [3.8, 4) is 0 Å². The Morgan fingerprint density at radius 1 is 1.10 bits per heavy atom. The second-order valence-corrected chi connectivity index (χ2v) is 6.75. The number of hydrogen-bond acceptors (Lipinski definition) is 2. The SMILES string of the molecule is CCC1(CC)CCN(C(CN)C(C)c2ccccc2)CC1. The van der Waals surface area contributed by atoms with Crippen LogP contribution < -0.4 is 5.73 Å². The Kier molecular flexibility index (Phi) is 5.83. The Balaban J connectivity index is 2.03. The highest BCUT2D eigenvalue weighted by Gasteiger charge is 2.34. The molecule has 118 valence electrons. The number of rotatable bonds is 6. The molecule has 2 atom stereocenters. The first-order valence-electron chi connectivity index (χ1n) is 8.65. The highest BCUT2D eigenvalue weighted by Crippen LogP contribution is 2.39. The van der Waals surface area contributed by atoms with Gasteiger partial charge in [0.15, 0.2) is 0 Å². The normalized spacial score (nSPS) is 21.9. The van der Waals surface area contributed by atoms with Crippen LogP contribution in [0.3, 0.4) is 0 Å². The molecule has 21 heavy (non-hydrogen) atoms. The monoisotopic (exact) mass is 288 g/mol. The zero-order valence-corrected chi connectivity index (χ0v) is 14.0. The van der Waals surface area contributed by atoms with Gasteiger partial charge in [0.1, 0.15) is 0 Å². The lowest BCUT2D eigenvalue weighted by atomic mass is 9.73. The molecule has 0 aromatic heterocycles. The van der Waals surface area contributed by atoms with E-state index in [4.69, 9.17) is 5.73 Å². The summed E-state index contributed by atoms with van der Waals surface area (Å²) in [5.41, 5.74) is 8.13. The average molecular weight is 288 g/mol. The van der Waals surface area contributed by atoms with Crippen LogP contribution in [0.4, 0.5) is 0 Å². The lowest BCUT2D eigenvalue weighted by Gasteiger charge is -2.45. The van der Waals surface area contributed by atoms with Crippen molar-refractivity contribution in [1.82, 2.24) is 4.90 Å². The molecule has 0 radical (unpaired) electrons. The van der Waals surface area contributed by atoms with E-state index < -0.39 is 0 Å². The molecule has 2 N–H and O–H groups in total. The molecule has 1 heterocycles. The number of hydrogen-bond donors (Lipinski definition) is 1. The van der Waals surface area contributed by atoms with Crippen LogP contribution in [-0.2, 0) is 0 Å². The number of nitrogens with two attached hydrogens (primary N) is 1. The van der Waals surface area contributed by atoms with E-state index in [1.165, 1.54) is 44.3 Å². The van der Waals surface area contributed by atoms with Crippen molar-refractivity contribution in [1.29, 1.82) is 0 Å². The van der Waals surface area contributed by atoms with Gasteiger partial charge in [-0.25, -0.2) is 0 Å². The molecule has 1 aromatic carbocycles. The number of nitrogens with zero attached hydrogens (tertiary/aromatic N) is 1. The lowest BCUT2D eigenvalue weighted by molar-refractivity contribution is 0.0611. The Morgan fingerprint density at radius 2 is 1.67 bits per heavy atom. The minimum absolute atomic E-state index is 0.471. The first kappa shape index (κ1) is 16.5. The van der Waals surface area contributed by atoms with Gasteiger partial charge < -0.3 is 5.73 Å². The van der Waals surface area contributed by atoms with Gasteiger partial charge in [0, 0.05) is 12.6 Å². The molecule has 0 amide bonds. The third-order valence-corrected chi connectivity index (χ3v) is 5.97. The molecule has 0 saturated carbocycles. The standard InChI is InChI=1S/C19H32N2/c1-4-19(5-2)11-13-21(14-12-19)18(15-20)16(3)17-9-7-6-8-10-17/h6-10,16,18H,4-5,11-15,20H2,1-3H3. The first-order valence-corrected chi connectivity index (χ1v) is 8.65. The molecule has 0 spiro atoms. The molecule has 1 fully saturated rings. The second-order valence-electron chi connectivity index (χ2n) is 6.75. The molecule has 2 rings (SSSR count). The van der Waals surface area contributed by atoms with Crippen LogP contribution >= 0.6 is 0 Å². The third kappa shape index (κ3) is 3.67. The third-order valence-electron chi connectivity index (χ3n) is 5.97.